The van der Waals surface area contributed by atoms with Gasteiger partial charge >= 0.3 is 0 Å². The minimum absolute atomic E-state index is 0.0607. The van der Waals surface area contributed by atoms with E-state index in [1.165, 1.54) is 0 Å². The van der Waals surface area contributed by atoms with E-state index < -0.39 is 0 Å². The number of likely N-dealkylation sites (tertiary alicyclic amines) is 1. The molecule has 1 atom stereocenters. The van der Waals surface area contributed by atoms with E-state index in [1.54, 1.807) is 18.7 Å². The first kappa shape index (κ1) is 13.9. The quantitative estimate of drug-likeness (QED) is 0.854. The van der Waals surface area contributed by atoms with Gasteiger partial charge in [-0.1, -0.05) is 11.6 Å². The lowest BCUT2D eigenvalue weighted by Gasteiger charge is -2.32. The van der Waals surface area contributed by atoms with Gasteiger partial charge in [0.2, 0.25) is 5.91 Å². The van der Waals surface area contributed by atoms with E-state index in [2.05, 4.69) is 15.3 Å². The number of anilines is 1. The third-order valence-corrected chi connectivity index (χ3v) is 3.54. The first-order valence-corrected chi connectivity index (χ1v) is 6.63. The van der Waals surface area contributed by atoms with E-state index in [9.17, 15) is 9.59 Å². The Balaban J connectivity index is 2.13. The van der Waals surface area contributed by atoms with Gasteiger partial charge in [-0.2, -0.15) is 0 Å². The van der Waals surface area contributed by atoms with Crippen molar-refractivity contribution >= 4 is 23.3 Å². The van der Waals surface area contributed by atoms with E-state index in [0.29, 0.717) is 18.2 Å². The minimum Gasteiger partial charge on any atom is -0.364 e. The summed E-state index contributed by atoms with van der Waals surface area (Å²) in [5, 5.41) is 3.22. The average molecular weight is 285 g/mol. The summed E-state index contributed by atoms with van der Waals surface area (Å²) >= 11 is 5.93. The molecule has 1 aromatic rings. The molecular weight excluding hydrogens is 268 g/mol. The summed E-state index contributed by atoms with van der Waals surface area (Å²) in [6.07, 6.45) is 1.85. The van der Waals surface area contributed by atoms with Crippen molar-refractivity contribution in [2.75, 3.05) is 18.4 Å². The summed E-state index contributed by atoms with van der Waals surface area (Å²) in [7, 11) is 0. The molecule has 1 fully saturated rings. The summed E-state index contributed by atoms with van der Waals surface area (Å²) in [4.78, 5) is 31.4. The van der Waals surface area contributed by atoms with Gasteiger partial charge in [0.25, 0.3) is 5.56 Å². The molecule has 0 saturated carbocycles. The lowest BCUT2D eigenvalue weighted by Crippen LogP contribution is -2.44. The van der Waals surface area contributed by atoms with E-state index in [0.717, 1.165) is 19.4 Å². The number of hydrogen-bond acceptors (Lipinski definition) is 4. The van der Waals surface area contributed by atoms with Crippen molar-refractivity contribution in [1.29, 1.82) is 0 Å². The van der Waals surface area contributed by atoms with Crippen LogP contribution in [0.1, 0.15) is 25.6 Å². The smallest absolute Gasteiger partial charge is 0.271 e. The molecule has 0 aliphatic carbocycles. The first-order chi connectivity index (χ1) is 8.97. The molecule has 1 aliphatic heterocycles. The highest BCUT2D eigenvalue weighted by molar-refractivity contribution is 6.32. The van der Waals surface area contributed by atoms with Crippen LogP contribution in [0.4, 0.5) is 5.82 Å². The fourth-order valence-electron chi connectivity index (χ4n) is 2.24. The minimum atomic E-state index is -0.351. The number of carbonyl (C=O) groups is 1. The first-order valence-electron chi connectivity index (χ1n) is 6.26. The molecule has 0 bridgehead atoms. The van der Waals surface area contributed by atoms with Gasteiger partial charge in [0.05, 0.1) is 0 Å². The number of aryl methyl sites for hydroxylation is 1. The number of H-pyrrole nitrogens is 1. The Hall–Kier alpha value is -1.56. The van der Waals surface area contributed by atoms with Crippen LogP contribution in [0.2, 0.25) is 5.02 Å². The number of nitrogens with zero attached hydrogens (tertiary/aromatic N) is 2. The van der Waals surface area contributed by atoms with Gasteiger partial charge in [-0.15, -0.1) is 0 Å². The topological polar surface area (TPSA) is 78.1 Å². The zero-order valence-electron chi connectivity index (χ0n) is 11.0. The van der Waals surface area contributed by atoms with Gasteiger partial charge in [-0.05, 0) is 19.8 Å². The number of amides is 1. The number of halogens is 1. The van der Waals surface area contributed by atoms with Crippen LogP contribution < -0.4 is 10.9 Å². The van der Waals surface area contributed by atoms with Crippen molar-refractivity contribution in [3.63, 3.8) is 0 Å². The summed E-state index contributed by atoms with van der Waals surface area (Å²) < 4.78 is 0. The third-order valence-electron chi connectivity index (χ3n) is 3.19. The predicted octanol–water partition coefficient (Wildman–Crippen LogP) is 1.15. The number of hydrogen-bond donors (Lipinski definition) is 2. The number of piperidine rings is 1. The van der Waals surface area contributed by atoms with E-state index in [-0.39, 0.29) is 22.5 Å². The van der Waals surface area contributed by atoms with E-state index in [1.807, 2.05) is 0 Å². The van der Waals surface area contributed by atoms with Crippen molar-refractivity contribution in [3.8, 4) is 0 Å². The van der Waals surface area contributed by atoms with Gasteiger partial charge in [-0.25, -0.2) is 4.98 Å². The Morgan fingerprint density at radius 2 is 2.32 bits per heavy atom. The highest BCUT2D eigenvalue weighted by Gasteiger charge is 2.22. The maximum absolute atomic E-state index is 11.5. The largest absolute Gasteiger partial charge is 0.364 e. The number of nitrogens with one attached hydrogen (secondary N) is 2. The molecule has 7 heteroatoms. The monoisotopic (exact) mass is 284 g/mol. The van der Waals surface area contributed by atoms with Crippen molar-refractivity contribution < 1.29 is 4.79 Å². The molecule has 2 N–H and O–H groups in total. The lowest BCUT2D eigenvalue weighted by molar-refractivity contribution is -0.129. The van der Waals surface area contributed by atoms with E-state index in [4.69, 9.17) is 11.6 Å². The van der Waals surface area contributed by atoms with Crippen LogP contribution in [-0.2, 0) is 4.79 Å². The number of carbonyl (C=O) groups excluding carboxylic acids is 1. The van der Waals surface area contributed by atoms with Crippen LogP contribution in [0.5, 0.6) is 0 Å². The van der Waals surface area contributed by atoms with Crippen LogP contribution in [-0.4, -0.2) is 39.9 Å². The molecule has 0 unspecified atom stereocenters. The normalized spacial score (nSPS) is 19.3. The summed E-state index contributed by atoms with van der Waals surface area (Å²) in [6, 6.07) is 0.0730. The van der Waals surface area contributed by atoms with Crippen molar-refractivity contribution in [1.82, 2.24) is 14.9 Å². The molecule has 2 heterocycles. The molecule has 0 spiro atoms. The predicted molar refractivity (Wildman–Crippen MR) is 73.5 cm³/mol. The van der Waals surface area contributed by atoms with Crippen molar-refractivity contribution in [2.45, 2.75) is 32.7 Å². The van der Waals surface area contributed by atoms with Crippen LogP contribution >= 0.6 is 11.6 Å². The third kappa shape index (κ3) is 3.26. The molecule has 6 nitrogen and oxygen atoms in total. The summed E-state index contributed by atoms with van der Waals surface area (Å²) in [5.41, 5.74) is -0.351. The van der Waals surface area contributed by atoms with E-state index >= 15 is 0 Å². The van der Waals surface area contributed by atoms with Crippen LogP contribution in [0.15, 0.2) is 4.79 Å². The summed E-state index contributed by atoms with van der Waals surface area (Å²) in [5.74, 6) is 0.960. The van der Waals surface area contributed by atoms with Crippen LogP contribution in [0.3, 0.4) is 0 Å². The zero-order valence-corrected chi connectivity index (χ0v) is 11.8. The Morgan fingerprint density at radius 3 is 3.00 bits per heavy atom. The van der Waals surface area contributed by atoms with Gasteiger partial charge in [0.1, 0.15) is 10.8 Å². The fourth-order valence-corrected chi connectivity index (χ4v) is 2.39. The van der Waals surface area contributed by atoms with Gasteiger partial charge in [0, 0.05) is 26.1 Å². The van der Waals surface area contributed by atoms with Gasteiger partial charge < -0.3 is 15.2 Å². The second kappa shape index (κ2) is 5.61. The maximum atomic E-state index is 11.5. The molecular formula is C12H17ClN4O2. The second-order valence-electron chi connectivity index (χ2n) is 4.76. The standard InChI is InChI=1S/C12H17ClN4O2/c1-7-14-11(10(13)12(19)15-7)16-9-4-3-5-17(6-9)8(2)18/h9H,3-6H2,1-2H3,(H2,14,15,16,19)/t9-/m1/s1. The molecule has 104 valence electrons. The van der Waals surface area contributed by atoms with Gasteiger partial charge in [-0.3, -0.25) is 9.59 Å². The lowest BCUT2D eigenvalue weighted by atomic mass is 10.1. The molecule has 2 rings (SSSR count). The molecule has 0 aromatic carbocycles. The molecule has 1 saturated heterocycles. The molecule has 19 heavy (non-hydrogen) atoms. The molecule has 1 aromatic heterocycles. The fraction of sp³-hybridized carbons (Fsp3) is 0.583. The van der Waals surface area contributed by atoms with Crippen LogP contribution in [0.25, 0.3) is 0 Å². The number of aromatic nitrogens is 2. The summed E-state index contributed by atoms with van der Waals surface area (Å²) in [6.45, 7) is 4.65. The van der Waals surface area contributed by atoms with Crippen molar-refractivity contribution in [2.24, 2.45) is 0 Å². The highest BCUT2D eigenvalue weighted by Crippen LogP contribution is 2.19. The SMILES string of the molecule is CC(=O)N1CCC[C@@H](Nc2nc(C)[nH]c(=O)c2Cl)C1. The zero-order chi connectivity index (χ0) is 14.0. The van der Waals surface area contributed by atoms with Crippen LogP contribution in [0, 0.1) is 6.92 Å². The highest BCUT2D eigenvalue weighted by atomic mass is 35.5. The Kier molecular flexibility index (Phi) is 4.09. The number of aromatic amines is 1. The Bertz CT molecular complexity index is 543. The Morgan fingerprint density at radius 1 is 1.58 bits per heavy atom. The molecule has 0 radical (unpaired) electrons. The molecule has 1 amide bonds. The second-order valence-corrected chi connectivity index (χ2v) is 5.14. The maximum Gasteiger partial charge on any atom is 0.271 e. The van der Waals surface area contributed by atoms with Gasteiger partial charge in [0.15, 0.2) is 5.82 Å². The van der Waals surface area contributed by atoms with Crippen molar-refractivity contribution in [3.05, 3.63) is 21.2 Å². The Labute approximate surface area is 116 Å². The molecule has 1 aliphatic rings. The average Bonchev–Trinajstić information content (AvgIpc) is 2.35. The number of rotatable bonds is 2.